The molecular formula is C36H51N3O4. The van der Waals surface area contributed by atoms with Crippen LogP contribution in [0.25, 0.3) is 0 Å². The van der Waals surface area contributed by atoms with Crippen LogP contribution >= 0.6 is 0 Å². The van der Waals surface area contributed by atoms with Crippen LogP contribution in [0.2, 0.25) is 0 Å². The van der Waals surface area contributed by atoms with Crippen LogP contribution in [0.1, 0.15) is 76.5 Å². The van der Waals surface area contributed by atoms with E-state index in [0.29, 0.717) is 37.5 Å². The SMILES string of the molecule is CCCN(CCC)C(=O)C1([C@H](Cc2ccc(C(C)C)cc2)[C@@H](O)CNCc2cccc(OC)c2)C=C(C)C=C(C(N)=O)C1. The maximum absolute atomic E-state index is 14.7. The van der Waals surface area contributed by atoms with E-state index in [2.05, 4.69) is 57.3 Å². The Kier molecular flexibility index (Phi) is 12.6. The zero-order valence-corrected chi connectivity index (χ0v) is 26.9. The number of carbonyl (C=O) groups excluding carboxylic acids is 2. The van der Waals surface area contributed by atoms with E-state index in [-0.39, 0.29) is 18.9 Å². The number of carbonyl (C=O) groups is 2. The van der Waals surface area contributed by atoms with E-state index >= 15 is 0 Å². The molecule has 0 heterocycles. The fourth-order valence-corrected chi connectivity index (χ4v) is 6.22. The lowest BCUT2D eigenvalue weighted by Gasteiger charge is -2.45. The first-order valence-electron chi connectivity index (χ1n) is 15.6. The second-order valence-corrected chi connectivity index (χ2v) is 12.2. The fourth-order valence-electron chi connectivity index (χ4n) is 6.22. The van der Waals surface area contributed by atoms with E-state index in [1.165, 1.54) is 5.56 Å². The van der Waals surface area contributed by atoms with E-state index in [0.717, 1.165) is 35.3 Å². The van der Waals surface area contributed by atoms with E-state index in [1.54, 1.807) is 13.2 Å². The summed E-state index contributed by atoms with van der Waals surface area (Å²) in [7, 11) is 1.64. The normalized spacial score (nSPS) is 18.0. The van der Waals surface area contributed by atoms with Gasteiger partial charge in [0.2, 0.25) is 11.8 Å². The molecule has 4 N–H and O–H groups in total. The number of nitrogens with one attached hydrogen (secondary N) is 1. The molecule has 2 aromatic carbocycles. The van der Waals surface area contributed by atoms with Crippen molar-refractivity contribution in [1.29, 1.82) is 0 Å². The Hall–Kier alpha value is -3.42. The number of rotatable bonds is 16. The lowest BCUT2D eigenvalue weighted by molar-refractivity contribution is -0.145. The molecule has 3 atom stereocenters. The molecule has 0 bridgehead atoms. The monoisotopic (exact) mass is 589 g/mol. The molecule has 2 aromatic rings. The summed E-state index contributed by atoms with van der Waals surface area (Å²) in [5, 5.41) is 15.4. The van der Waals surface area contributed by atoms with Gasteiger partial charge in [0.05, 0.1) is 18.6 Å². The van der Waals surface area contributed by atoms with Crippen molar-refractivity contribution in [2.45, 2.75) is 78.9 Å². The maximum Gasteiger partial charge on any atom is 0.244 e. The van der Waals surface area contributed by atoms with Crippen LogP contribution in [0.4, 0.5) is 0 Å². The standard InChI is InChI=1S/C36H51N3O4/c1-7-16-39(17-8-2)35(42)36(21-26(5)18-30(22-36)34(37)41)32(20-27-12-14-29(15-13-27)25(3)4)33(40)24-38-23-28-10-9-11-31(19-28)43-6/h9-15,18-19,21,25,32-33,38,40H,7-8,16-17,20,22-24H2,1-6H3,(H2,37,41)/t32-,33+,36?/m1/s1. The van der Waals surface area contributed by atoms with Gasteiger partial charge in [-0.05, 0) is 67.3 Å². The van der Waals surface area contributed by atoms with Gasteiger partial charge >= 0.3 is 0 Å². The predicted molar refractivity (Wildman–Crippen MR) is 174 cm³/mol. The smallest absolute Gasteiger partial charge is 0.244 e. The van der Waals surface area contributed by atoms with Crippen molar-refractivity contribution in [1.82, 2.24) is 10.2 Å². The molecule has 0 aromatic heterocycles. The number of amides is 2. The Bertz CT molecular complexity index is 1280. The number of benzene rings is 2. The number of ether oxygens (including phenoxy) is 1. The molecule has 1 aliphatic rings. The summed E-state index contributed by atoms with van der Waals surface area (Å²) in [5.41, 5.74) is 9.22. The summed E-state index contributed by atoms with van der Waals surface area (Å²) in [6.45, 7) is 12.4. The quantitative estimate of drug-likeness (QED) is 0.239. The van der Waals surface area contributed by atoms with Crippen LogP contribution < -0.4 is 15.8 Å². The van der Waals surface area contributed by atoms with Crippen LogP contribution in [0.15, 0.2) is 71.8 Å². The zero-order valence-electron chi connectivity index (χ0n) is 26.9. The summed E-state index contributed by atoms with van der Waals surface area (Å²) >= 11 is 0. The number of primary amides is 1. The third-order valence-electron chi connectivity index (χ3n) is 8.40. The summed E-state index contributed by atoms with van der Waals surface area (Å²) < 4.78 is 5.36. The first-order valence-corrected chi connectivity index (χ1v) is 15.6. The molecule has 0 aliphatic heterocycles. The van der Waals surface area contributed by atoms with E-state index < -0.39 is 23.3 Å². The molecule has 7 nitrogen and oxygen atoms in total. The number of hydrogen-bond acceptors (Lipinski definition) is 5. The van der Waals surface area contributed by atoms with Gasteiger partial charge < -0.3 is 25.8 Å². The van der Waals surface area contributed by atoms with Crippen LogP contribution in [0.3, 0.4) is 0 Å². The van der Waals surface area contributed by atoms with Gasteiger partial charge in [-0.2, -0.15) is 0 Å². The van der Waals surface area contributed by atoms with Crippen LogP contribution in [0, 0.1) is 11.3 Å². The Morgan fingerprint density at radius 2 is 1.74 bits per heavy atom. The van der Waals surface area contributed by atoms with E-state index in [9.17, 15) is 14.7 Å². The van der Waals surface area contributed by atoms with Crippen molar-refractivity contribution in [2.24, 2.45) is 17.1 Å². The Morgan fingerprint density at radius 3 is 2.33 bits per heavy atom. The van der Waals surface area contributed by atoms with E-state index in [4.69, 9.17) is 10.5 Å². The molecule has 0 fully saturated rings. The molecule has 43 heavy (non-hydrogen) atoms. The average Bonchev–Trinajstić information content (AvgIpc) is 2.99. The molecule has 234 valence electrons. The second-order valence-electron chi connectivity index (χ2n) is 12.2. The van der Waals surface area contributed by atoms with E-state index in [1.807, 2.05) is 42.2 Å². The van der Waals surface area contributed by atoms with Crippen molar-refractivity contribution in [3.8, 4) is 5.75 Å². The molecule has 1 aliphatic carbocycles. The van der Waals surface area contributed by atoms with Gasteiger partial charge in [0, 0.05) is 37.7 Å². The van der Waals surface area contributed by atoms with Crippen molar-refractivity contribution in [2.75, 3.05) is 26.7 Å². The fraction of sp³-hybridized carbons (Fsp3) is 0.500. The molecule has 0 saturated carbocycles. The largest absolute Gasteiger partial charge is 0.497 e. The van der Waals surface area contributed by atoms with Gasteiger partial charge in [0.25, 0.3) is 0 Å². The Morgan fingerprint density at radius 1 is 1.07 bits per heavy atom. The number of allylic oxidation sites excluding steroid dienone is 2. The van der Waals surface area contributed by atoms with Gasteiger partial charge in [-0.15, -0.1) is 0 Å². The lowest BCUT2D eigenvalue weighted by atomic mass is 9.63. The average molecular weight is 590 g/mol. The highest BCUT2D eigenvalue weighted by atomic mass is 16.5. The minimum Gasteiger partial charge on any atom is -0.497 e. The highest BCUT2D eigenvalue weighted by Gasteiger charge is 2.50. The Balaban J connectivity index is 2.06. The van der Waals surface area contributed by atoms with Gasteiger partial charge in [0.15, 0.2) is 0 Å². The van der Waals surface area contributed by atoms with Gasteiger partial charge in [-0.25, -0.2) is 0 Å². The van der Waals surface area contributed by atoms with Gasteiger partial charge in [0.1, 0.15) is 5.75 Å². The highest BCUT2D eigenvalue weighted by molar-refractivity contribution is 5.96. The first kappa shape index (κ1) is 34.1. The number of nitrogens with zero attached hydrogens (tertiary/aromatic N) is 1. The zero-order chi connectivity index (χ0) is 31.6. The first-order chi connectivity index (χ1) is 20.5. The summed E-state index contributed by atoms with van der Waals surface area (Å²) in [6, 6.07) is 16.2. The van der Waals surface area contributed by atoms with Crippen molar-refractivity contribution in [3.63, 3.8) is 0 Å². The van der Waals surface area contributed by atoms with Crippen LogP contribution in [0.5, 0.6) is 5.75 Å². The molecular weight excluding hydrogens is 538 g/mol. The third kappa shape index (κ3) is 8.80. The topological polar surface area (TPSA) is 105 Å². The van der Waals surface area contributed by atoms with Crippen molar-refractivity contribution >= 4 is 11.8 Å². The van der Waals surface area contributed by atoms with Crippen molar-refractivity contribution in [3.05, 3.63) is 88.5 Å². The molecule has 0 spiro atoms. The summed E-state index contributed by atoms with van der Waals surface area (Å²) in [4.78, 5) is 29.2. The number of hydrogen-bond donors (Lipinski definition) is 3. The highest BCUT2D eigenvalue weighted by Crippen LogP contribution is 2.45. The molecule has 0 saturated heterocycles. The molecule has 7 heteroatoms. The summed E-state index contributed by atoms with van der Waals surface area (Å²) in [5.74, 6) is 0.0588. The minimum absolute atomic E-state index is 0.0574. The maximum atomic E-state index is 14.7. The molecule has 0 radical (unpaired) electrons. The van der Waals surface area contributed by atoms with Gasteiger partial charge in [-0.1, -0.05) is 81.8 Å². The Labute approximate surface area is 258 Å². The third-order valence-corrected chi connectivity index (χ3v) is 8.40. The summed E-state index contributed by atoms with van der Waals surface area (Å²) in [6.07, 6.45) is 5.13. The number of aliphatic hydroxyl groups is 1. The number of aliphatic hydroxyl groups excluding tert-OH is 1. The van der Waals surface area contributed by atoms with Crippen LogP contribution in [-0.2, 0) is 22.6 Å². The van der Waals surface area contributed by atoms with Crippen molar-refractivity contribution < 1.29 is 19.4 Å². The minimum atomic E-state index is -1.14. The lowest BCUT2D eigenvalue weighted by Crippen LogP contribution is -2.54. The number of nitrogens with two attached hydrogens (primary N) is 1. The predicted octanol–water partition coefficient (Wildman–Crippen LogP) is 5.52. The molecule has 3 rings (SSSR count). The number of methoxy groups -OCH3 is 1. The second kappa shape index (κ2) is 15.9. The van der Waals surface area contributed by atoms with Gasteiger partial charge in [-0.3, -0.25) is 9.59 Å². The van der Waals surface area contributed by atoms with Crippen LogP contribution in [-0.4, -0.2) is 54.7 Å². The molecule has 2 amide bonds. The molecule has 1 unspecified atom stereocenters.